The van der Waals surface area contributed by atoms with Gasteiger partial charge < -0.3 is 10.2 Å². The first-order chi connectivity index (χ1) is 13.1. The summed E-state index contributed by atoms with van der Waals surface area (Å²) >= 11 is 1.36. The summed E-state index contributed by atoms with van der Waals surface area (Å²) in [5, 5.41) is 3.62. The van der Waals surface area contributed by atoms with E-state index in [0.717, 1.165) is 24.6 Å². The molecule has 1 fully saturated rings. The first-order valence-electron chi connectivity index (χ1n) is 9.06. The Hall–Kier alpha value is -2.74. The number of fused-ring (bicyclic) bond motifs is 1. The van der Waals surface area contributed by atoms with Crippen LogP contribution in [-0.4, -0.2) is 33.5 Å². The maximum atomic E-state index is 12.8. The van der Waals surface area contributed by atoms with E-state index >= 15 is 0 Å². The van der Waals surface area contributed by atoms with Crippen LogP contribution in [0, 0.1) is 5.92 Å². The second kappa shape index (κ2) is 7.48. The topological polar surface area (TPSA) is 80.1 Å². The van der Waals surface area contributed by atoms with Crippen molar-refractivity contribution in [2.24, 2.45) is 5.92 Å². The quantitative estimate of drug-likeness (QED) is 0.749. The second-order valence-corrected chi connectivity index (χ2v) is 7.91. The minimum Gasteiger partial charge on any atom is -0.348 e. The number of hydrogen-bond donors (Lipinski definition) is 1. The van der Waals surface area contributed by atoms with Crippen molar-refractivity contribution >= 4 is 38.4 Å². The Kier molecular flexibility index (Phi) is 4.89. The van der Waals surface area contributed by atoms with E-state index in [2.05, 4.69) is 27.1 Å². The molecule has 0 radical (unpaired) electrons. The highest BCUT2D eigenvalue weighted by Crippen LogP contribution is 2.29. The molecular weight excluding hydrogens is 362 g/mol. The second-order valence-electron chi connectivity index (χ2n) is 6.93. The Balaban J connectivity index is 1.55. The van der Waals surface area contributed by atoms with Crippen molar-refractivity contribution in [2.45, 2.75) is 26.3 Å². The molecule has 3 heterocycles. The molecule has 4 rings (SSSR count). The van der Waals surface area contributed by atoms with Crippen LogP contribution in [0.2, 0.25) is 0 Å². The Bertz CT molecular complexity index is 1010. The monoisotopic (exact) mass is 383 g/mol. The lowest BCUT2D eigenvalue weighted by molar-refractivity contribution is -0.116. The predicted octanol–water partition coefficient (Wildman–Crippen LogP) is 2.73. The molecule has 1 aliphatic heterocycles. The summed E-state index contributed by atoms with van der Waals surface area (Å²) in [5.41, 5.74) is 0.929. The summed E-state index contributed by atoms with van der Waals surface area (Å²) in [6.07, 6.45) is 3.76. The van der Waals surface area contributed by atoms with E-state index < -0.39 is 0 Å². The molecule has 2 aromatic heterocycles. The van der Waals surface area contributed by atoms with Gasteiger partial charge in [0.15, 0.2) is 10.8 Å². The first-order valence-corrected chi connectivity index (χ1v) is 9.87. The molecule has 3 aromatic rings. The molecule has 1 aromatic carbocycles. The minimum atomic E-state index is -0.265. The molecule has 0 spiro atoms. The van der Waals surface area contributed by atoms with Crippen LogP contribution in [0.5, 0.6) is 0 Å². The van der Waals surface area contributed by atoms with Gasteiger partial charge in [-0.05, 0) is 30.9 Å². The minimum absolute atomic E-state index is 0.0787. The van der Waals surface area contributed by atoms with E-state index in [-0.39, 0.29) is 18.0 Å². The Morgan fingerprint density at radius 1 is 1.33 bits per heavy atom. The van der Waals surface area contributed by atoms with Crippen LogP contribution in [0.4, 0.5) is 10.8 Å². The van der Waals surface area contributed by atoms with E-state index in [4.69, 9.17) is 0 Å². The zero-order valence-corrected chi connectivity index (χ0v) is 15.9. The SMILES string of the molecule is C[C@@H]1CCCN(c2nc3ncn(CC(=O)Nc4ccccc4)c(=O)c3s2)C1. The largest absolute Gasteiger partial charge is 0.348 e. The Labute approximate surface area is 160 Å². The van der Waals surface area contributed by atoms with E-state index in [1.165, 1.54) is 28.7 Å². The molecule has 27 heavy (non-hydrogen) atoms. The van der Waals surface area contributed by atoms with E-state index in [0.29, 0.717) is 22.0 Å². The number of benzene rings is 1. The number of piperidine rings is 1. The predicted molar refractivity (Wildman–Crippen MR) is 107 cm³/mol. The third kappa shape index (κ3) is 3.85. The van der Waals surface area contributed by atoms with Crippen molar-refractivity contribution in [2.75, 3.05) is 23.3 Å². The molecule has 0 bridgehead atoms. The van der Waals surface area contributed by atoms with Crippen LogP contribution in [-0.2, 0) is 11.3 Å². The van der Waals surface area contributed by atoms with Crippen molar-refractivity contribution in [1.29, 1.82) is 0 Å². The van der Waals surface area contributed by atoms with Crippen LogP contribution in [0.3, 0.4) is 0 Å². The van der Waals surface area contributed by atoms with Crippen molar-refractivity contribution in [3.8, 4) is 0 Å². The molecule has 0 unspecified atom stereocenters. The van der Waals surface area contributed by atoms with Crippen molar-refractivity contribution in [3.05, 3.63) is 47.0 Å². The molecule has 140 valence electrons. The average Bonchev–Trinajstić information content (AvgIpc) is 3.10. The number of nitrogens with zero attached hydrogens (tertiary/aromatic N) is 4. The summed E-state index contributed by atoms with van der Waals surface area (Å²) in [5.74, 6) is 0.358. The van der Waals surface area contributed by atoms with Gasteiger partial charge in [-0.2, -0.15) is 4.98 Å². The maximum Gasteiger partial charge on any atom is 0.273 e. The lowest BCUT2D eigenvalue weighted by Crippen LogP contribution is -2.34. The van der Waals surface area contributed by atoms with Crippen LogP contribution < -0.4 is 15.8 Å². The van der Waals surface area contributed by atoms with E-state index in [9.17, 15) is 9.59 Å². The van der Waals surface area contributed by atoms with Crippen molar-refractivity contribution < 1.29 is 4.79 Å². The molecule has 1 N–H and O–H groups in total. The summed E-state index contributed by atoms with van der Waals surface area (Å²) in [7, 11) is 0. The Morgan fingerprint density at radius 2 is 2.15 bits per heavy atom. The molecule has 1 saturated heterocycles. The normalized spacial score (nSPS) is 17.2. The van der Waals surface area contributed by atoms with Gasteiger partial charge in [-0.15, -0.1) is 0 Å². The summed E-state index contributed by atoms with van der Waals surface area (Å²) in [6.45, 7) is 4.06. The molecule has 1 atom stereocenters. The van der Waals surface area contributed by atoms with Gasteiger partial charge in [0.1, 0.15) is 17.6 Å². The van der Waals surface area contributed by atoms with Crippen molar-refractivity contribution in [1.82, 2.24) is 14.5 Å². The van der Waals surface area contributed by atoms with Gasteiger partial charge in [0.25, 0.3) is 5.56 Å². The zero-order valence-electron chi connectivity index (χ0n) is 15.1. The molecule has 8 heteroatoms. The van der Waals surface area contributed by atoms with Gasteiger partial charge in [0, 0.05) is 18.8 Å². The van der Waals surface area contributed by atoms with Gasteiger partial charge in [0.05, 0.1) is 0 Å². The van der Waals surface area contributed by atoms with Gasteiger partial charge in [-0.1, -0.05) is 36.5 Å². The highest BCUT2D eigenvalue weighted by molar-refractivity contribution is 7.22. The third-order valence-electron chi connectivity index (χ3n) is 4.67. The smallest absolute Gasteiger partial charge is 0.273 e. The fourth-order valence-corrected chi connectivity index (χ4v) is 4.33. The van der Waals surface area contributed by atoms with Gasteiger partial charge in [-0.25, -0.2) is 4.98 Å². The molecule has 7 nitrogen and oxygen atoms in total. The number of nitrogens with one attached hydrogen (secondary N) is 1. The average molecular weight is 383 g/mol. The highest BCUT2D eigenvalue weighted by Gasteiger charge is 2.21. The number of hydrogen-bond acceptors (Lipinski definition) is 6. The highest BCUT2D eigenvalue weighted by atomic mass is 32.1. The van der Waals surface area contributed by atoms with Crippen LogP contribution in [0.25, 0.3) is 10.3 Å². The Morgan fingerprint density at radius 3 is 2.93 bits per heavy atom. The van der Waals surface area contributed by atoms with E-state index in [1.807, 2.05) is 18.2 Å². The van der Waals surface area contributed by atoms with Gasteiger partial charge in [0.2, 0.25) is 5.91 Å². The summed E-state index contributed by atoms with van der Waals surface area (Å²) < 4.78 is 1.83. The maximum absolute atomic E-state index is 12.8. The molecule has 0 saturated carbocycles. The number of para-hydroxylation sites is 1. The number of aromatic nitrogens is 3. The standard InChI is InChI=1S/C19H21N5O2S/c1-13-6-5-9-23(10-13)19-22-17-16(27-19)18(26)24(12-20-17)11-15(25)21-14-7-3-2-4-8-14/h2-4,7-8,12-13H,5-6,9-11H2,1H3,(H,21,25)/t13-/m1/s1. The lowest BCUT2D eigenvalue weighted by Gasteiger charge is -2.30. The number of thiazole rings is 1. The number of anilines is 2. The number of amides is 1. The van der Waals surface area contributed by atoms with Gasteiger partial charge >= 0.3 is 0 Å². The van der Waals surface area contributed by atoms with Crippen LogP contribution >= 0.6 is 11.3 Å². The third-order valence-corrected chi connectivity index (χ3v) is 5.76. The van der Waals surface area contributed by atoms with E-state index in [1.54, 1.807) is 12.1 Å². The van der Waals surface area contributed by atoms with Crippen molar-refractivity contribution in [3.63, 3.8) is 0 Å². The zero-order chi connectivity index (χ0) is 18.8. The molecular formula is C19H21N5O2S. The number of carbonyl (C=O) groups is 1. The summed E-state index contributed by atoms with van der Waals surface area (Å²) in [6, 6.07) is 9.17. The fraction of sp³-hybridized carbons (Fsp3) is 0.368. The first kappa shape index (κ1) is 17.7. The van der Waals surface area contributed by atoms with Crippen LogP contribution in [0.15, 0.2) is 41.5 Å². The number of rotatable bonds is 4. The van der Waals surface area contributed by atoms with Gasteiger partial charge in [-0.3, -0.25) is 14.2 Å². The number of carbonyl (C=O) groups excluding carboxylic acids is 1. The molecule has 1 aliphatic rings. The van der Waals surface area contributed by atoms with Crippen LogP contribution in [0.1, 0.15) is 19.8 Å². The summed E-state index contributed by atoms with van der Waals surface area (Å²) in [4.78, 5) is 36.1. The lowest BCUT2D eigenvalue weighted by atomic mass is 10.0. The molecule has 0 aliphatic carbocycles. The fourth-order valence-electron chi connectivity index (χ4n) is 3.32. The molecule has 1 amide bonds.